The molecular weight excluding hydrogens is 390 g/mol. The van der Waals surface area contributed by atoms with E-state index in [9.17, 15) is 9.59 Å². The molecule has 0 heterocycles. The minimum Gasteiger partial charge on any atom is -0.492 e. The smallest absolute Gasteiger partial charge is 0.410 e. The van der Waals surface area contributed by atoms with Crippen molar-refractivity contribution < 1.29 is 24.2 Å². The van der Waals surface area contributed by atoms with Gasteiger partial charge in [-0.3, -0.25) is 4.79 Å². The summed E-state index contributed by atoms with van der Waals surface area (Å²) in [7, 11) is 0. The van der Waals surface area contributed by atoms with Gasteiger partial charge in [0, 0.05) is 6.04 Å². The van der Waals surface area contributed by atoms with Gasteiger partial charge in [0.25, 0.3) is 0 Å². The van der Waals surface area contributed by atoms with Crippen LogP contribution < -0.4 is 4.74 Å². The first kappa shape index (κ1) is 19.6. The summed E-state index contributed by atoms with van der Waals surface area (Å²) in [5.41, 5.74) is 0.356. The molecule has 1 amide bonds. The second kappa shape index (κ2) is 8.08. The van der Waals surface area contributed by atoms with Crippen molar-refractivity contribution in [3.63, 3.8) is 0 Å². The lowest BCUT2D eigenvalue weighted by Crippen LogP contribution is -2.37. The number of halogens is 1. The fourth-order valence-corrected chi connectivity index (χ4v) is 2.78. The molecule has 1 aliphatic rings. The summed E-state index contributed by atoms with van der Waals surface area (Å²) >= 11 is 3.51. The normalized spacial score (nSPS) is 14.1. The van der Waals surface area contributed by atoms with Crippen LogP contribution in [0.25, 0.3) is 0 Å². The Morgan fingerprint density at radius 2 is 2.00 bits per heavy atom. The largest absolute Gasteiger partial charge is 0.492 e. The van der Waals surface area contributed by atoms with Gasteiger partial charge in [-0.25, -0.2) is 4.79 Å². The van der Waals surface area contributed by atoms with Crippen LogP contribution in [0.4, 0.5) is 4.79 Å². The highest BCUT2D eigenvalue weighted by Gasteiger charge is 2.35. The standard InChI is InChI=1S/C18H24BrNO5/c1-18(2,3)25-17(23)20(13-7-8-13)11-12-5-4-6-14(16(12)19)24-10-9-15(21)22/h4-6,13H,7-11H2,1-3H3,(H,21,22). The van der Waals surface area contributed by atoms with Gasteiger partial charge in [0.2, 0.25) is 0 Å². The number of carboxylic acids is 1. The maximum Gasteiger partial charge on any atom is 0.410 e. The summed E-state index contributed by atoms with van der Waals surface area (Å²) in [6.07, 6.45) is 1.57. The average Bonchev–Trinajstić information content (AvgIpc) is 3.30. The topological polar surface area (TPSA) is 76.1 Å². The monoisotopic (exact) mass is 413 g/mol. The lowest BCUT2D eigenvalue weighted by Gasteiger charge is -2.28. The molecule has 1 aromatic rings. The number of nitrogens with zero attached hydrogens (tertiary/aromatic N) is 1. The highest BCUT2D eigenvalue weighted by atomic mass is 79.9. The number of rotatable bonds is 7. The zero-order valence-electron chi connectivity index (χ0n) is 14.8. The molecule has 1 saturated carbocycles. The number of amides is 1. The molecule has 0 aliphatic heterocycles. The van der Waals surface area contributed by atoms with E-state index in [0.717, 1.165) is 22.9 Å². The molecule has 0 saturated heterocycles. The molecule has 0 spiro atoms. The Balaban J connectivity index is 2.08. The van der Waals surface area contributed by atoms with E-state index >= 15 is 0 Å². The number of carbonyl (C=O) groups excluding carboxylic acids is 1. The SMILES string of the molecule is CC(C)(C)OC(=O)N(Cc1cccc(OCCC(=O)O)c1Br)C1CC1. The molecule has 1 N–H and O–H groups in total. The first-order valence-corrected chi connectivity index (χ1v) is 9.08. The zero-order chi connectivity index (χ0) is 18.6. The third-order valence-electron chi connectivity index (χ3n) is 3.57. The van der Waals surface area contributed by atoms with E-state index in [1.165, 1.54) is 0 Å². The number of carboxylic acid groups (broad SMARTS) is 1. The van der Waals surface area contributed by atoms with Gasteiger partial charge < -0.3 is 19.5 Å². The molecule has 0 aromatic heterocycles. The summed E-state index contributed by atoms with van der Waals surface area (Å²) in [5.74, 6) is -0.337. The van der Waals surface area contributed by atoms with Crippen molar-refractivity contribution in [2.45, 2.75) is 58.2 Å². The second-order valence-corrected chi connectivity index (χ2v) is 7.85. The number of aliphatic carboxylic acids is 1. The Morgan fingerprint density at radius 3 is 2.56 bits per heavy atom. The van der Waals surface area contributed by atoms with Gasteiger partial charge in [0.1, 0.15) is 11.4 Å². The first-order valence-electron chi connectivity index (χ1n) is 8.29. The van der Waals surface area contributed by atoms with E-state index in [-0.39, 0.29) is 25.2 Å². The third kappa shape index (κ3) is 6.23. The van der Waals surface area contributed by atoms with Crippen LogP contribution >= 0.6 is 15.9 Å². The fraction of sp³-hybridized carbons (Fsp3) is 0.556. The Bertz CT molecular complexity index is 637. The highest BCUT2D eigenvalue weighted by molar-refractivity contribution is 9.10. The van der Waals surface area contributed by atoms with Gasteiger partial charge in [0.15, 0.2) is 0 Å². The molecule has 1 aromatic carbocycles. The van der Waals surface area contributed by atoms with Gasteiger partial charge >= 0.3 is 12.1 Å². The molecule has 0 radical (unpaired) electrons. The van der Waals surface area contributed by atoms with Crippen LogP contribution in [0.3, 0.4) is 0 Å². The van der Waals surface area contributed by atoms with E-state index < -0.39 is 11.6 Å². The molecule has 0 atom stereocenters. The number of benzene rings is 1. The number of ether oxygens (including phenoxy) is 2. The maximum atomic E-state index is 12.5. The lowest BCUT2D eigenvalue weighted by atomic mass is 10.2. The van der Waals surface area contributed by atoms with Crippen molar-refractivity contribution in [1.82, 2.24) is 4.90 Å². The Labute approximate surface area is 156 Å². The quantitative estimate of drug-likeness (QED) is 0.724. The van der Waals surface area contributed by atoms with Crippen molar-refractivity contribution in [3.8, 4) is 5.75 Å². The minimum atomic E-state index is -0.905. The van der Waals surface area contributed by atoms with Gasteiger partial charge in [-0.2, -0.15) is 0 Å². The van der Waals surface area contributed by atoms with Crippen molar-refractivity contribution in [2.75, 3.05) is 6.61 Å². The molecular formula is C18H24BrNO5. The predicted molar refractivity (Wildman–Crippen MR) is 96.7 cm³/mol. The summed E-state index contributed by atoms with van der Waals surface area (Å²) in [6.45, 7) is 6.06. The van der Waals surface area contributed by atoms with E-state index in [0.29, 0.717) is 12.3 Å². The molecule has 0 bridgehead atoms. The average molecular weight is 414 g/mol. The zero-order valence-corrected chi connectivity index (χ0v) is 16.3. The van der Waals surface area contributed by atoms with E-state index in [1.54, 1.807) is 11.0 Å². The summed E-state index contributed by atoms with van der Waals surface area (Å²) in [6, 6.07) is 5.72. The lowest BCUT2D eigenvalue weighted by molar-refractivity contribution is -0.137. The molecule has 0 unspecified atom stereocenters. The van der Waals surface area contributed by atoms with E-state index in [4.69, 9.17) is 14.6 Å². The van der Waals surface area contributed by atoms with Crippen LogP contribution in [0.15, 0.2) is 22.7 Å². The maximum absolute atomic E-state index is 12.5. The number of carbonyl (C=O) groups is 2. The van der Waals surface area contributed by atoms with Crippen molar-refractivity contribution in [1.29, 1.82) is 0 Å². The fourth-order valence-electron chi connectivity index (χ4n) is 2.27. The Morgan fingerprint density at radius 1 is 1.32 bits per heavy atom. The van der Waals surface area contributed by atoms with E-state index in [1.807, 2.05) is 32.9 Å². The Hall–Kier alpha value is -1.76. The third-order valence-corrected chi connectivity index (χ3v) is 4.47. The molecule has 6 nitrogen and oxygen atoms in total. The number of hydrogen-bond donors (Lipinski definition) is 1. The summed E-state index contributed by atoms with van der Waals surface area (Å²) in [4.78, 5) is 24.8. The second-order valence-electron chi connectivity index (χ2n) is 7.06. The van der Waals surface area contributed by atoms with Crippen LogP contribution in [0.1, 0.15) is 45.6 Å². The van der Waals surface area contributed by atoms with Gasteiger partial charge in [-0.1, -0.05) is 12.1 Å². The van der Waals surface area contributed by atoms with Gasteiger partial charge in [-0.05, 0) is 61.2 Å². The molecule has 1 aliphatic carbocycles. The molecule has 7 heteroatoms. The minimum absolute atomic E-state index is 0.0667. The van der Waals surface area contributed by atoms with Crippen LogP contribution in [-0.4, -0.2) is 40.3 Å². The molecule has 138 valence electrons. The van der Waals surface area contributed by atoms with E-state index in [2.05, 4.69) is 15.9 Å². The van der Waals surface area contributed by atoms with Crippen molar-refractivity contribution in [3.05, 3.63) is 28.2 Å². The van der Waals surface area contributed by atoms with Gasteiger partial charge in [-0.15, -0.1) is 0 Å². The van der Waals surface area contributed by atoms with Crippen LogP contribution in [0.2, 0.25) is 0 Å². The molecule has 2 rings (SSSR count). The van der Waals surface area contributed by atoms with Crippen molar-refractivity contribution >= 4 is 28.0 Å². The van der Waals surface area contributed by atoms with Crippen LogP contribution in [-0.2, 0) is 16.1 Å². The highest BCUT2D eigenvalue weighted by Crippen LogP contribution is 2.34. The van der Waals surface area contributed by atoms with Crippen LogP contribution in [0, 0.1) is 0 Å². The first-order chi connectivity index (χ1) is 11.7. The number of hydrogen-bond acceptors (Lipinski definition) is 4. The summed E-state index contributed by atoms with van der Waals surface area (Å²) in [5, 5.41) is 8.71. The van der Waals surface area contributed by atoms with Crippen LogP contribution in [0.5, 0.6) is 5.75 Å². The summed E-state index contributed by atoms with van der Waals surface area (Å²) < 4.78 is 11.8. The van der Waals surface area contributed by atoms with Crippen molar-refractivity contribution in [2.24, 2.45) is 0 Å². The predicted octanol–water partition coefficient (Wildman–Crippen LogP) is 4.20. The molecule has 1 fully saturated rings. The van der Waals surface area contributed by atoms with Gasteiger partial charge in [0.05, 0.1) is 24.0 Å². The Kier molecular flexibility index (Phi) is 6.32. The molecule has 25 heavy (non-hydrogen) atoms.